The summed E-state index contributed by atoms with van der Waals surface area (Å²) >= 11 is 5.23. The quantitative estimate of drug-likeness (QED) is 0.647. The Morgan fingerprint density at radius 2 is 2.33 bits per heavy atom. The minimum atomic E-state index is 0.511. The van der Waals surface area contributed by atoms with Gasteiger partial charge in [0.2, 0.25) is 0 Å². The Balaban J connectivity index is 2.04. The van der Waals surface area contributed by atoms with E-state index >= 15 is 0 Å². The summed E-state index contributed by atoms with van der Waals surface area (Å²) in [5, 5.41) is 7.36. The Kier molecular flexibility index (Phi) is 5.75. The zero-order valence-corrected chi connectivity index (χ0v) is 14.8. The van der Waals surface area contributed by atoms with Gasteiger partial charge in [-0.2, -0.15) is 5.10 Å². The third-order valence-electron chi connectivity index (χ3n) is 2.89. The molecule has 2 heterocycles. The third kappa shape index (κ3) is 4.53. The first kappa shape index (κ1) is 16.0. The number of nitrogens with zero attached hydrogens (tertiary/aromatic N) is 5. The summed E-state index contributed by atoms with van der Waals surface area (Å²) in [6, 6.07) is 4.19. The lowest BCUT2D eigenvalue weighted by Gasteiger charge is -2.21. The fourth-order valence-electron chi connectivity index (χ4n) is 1.82. The predicted octanol–water partition coefficient (Wildman–Crippen LogP) is 2.24. The zero-order valence-electron chi connectivity index (χ0n) is 12.4. The zero-order chi connectivity index (χ0) is 15.2. The van der Waals surface area contributed by atoms with Crippen molar-refractivity contribution in [3.8, 4) is 0 Å². The maximum atomic E-state index is 4.62. The smallest absolute Gasteiger partial charge is 0.194 e. The monoisotopic (exact) mass is 370 g/mol. The Morgan fingerprint density at radius 1 is 1.52 bits per heavy atom. The molecule has 0 aliphatic rings. The molecule has 0 saturated heterocycles. The fraction of sp³-hybridized carbons (Fsp3) is 0.462. The number of halogens is 1. The molecule has 2 rings (SSSR count). The van der Waals surface area contributed by atoms with Crippen LogP contribution in [0.25, 0.3) is 0 Å². The summed E-state index contributed by atoms with van der Waals surface area (Å²) < 4.78 is 2.88. The standard InChI is InChI=1S/C13H19BrN6S/c1-4-15-13(16-7-12-17-9-18-20(12)3)19(2)8-10-5-6-11(14)21-10/h5-6,9H,4,7-8H2,1-3H3,(H,15,16). The first-order valence-electron chi connectivity index (χ1n) is 6.66. The number of aryl methyl sites for hydroxylation is 1. The largest absolute Gasteiger partial charge is 0.357 e. The number of aromatic nitrogens is 3. The summed E-state index contributed by atoms with van der Waals surface area (Å²) in [5.41, 5.74) is 0. The van der Waals surface area contributed by atoms with Crippen molar-refractivity contribution < 1.29 is 0 Å². The van der Waals surface area contributed by atoms with Crippen molar-refractivity contribution in [3.05, 3.63) is 32.9 Å². The minimum absolute atomic E-state index is 0.511. The summed E-state index contributed by atoms with van der Waals surface area (Å²) in [5.74, 6) is 1.71. The molecule has 0 aromatic carbocycles. The SMILES string of the molecule is CCNC(=NCc1ncnn1C)N(C)Cc1ccc(Br)s1. The van der Waals surface area contributed by atoms with Crippen molar-refractivity contribution in [2.75, 3.05) is 13.6 Å². The molecule has 0 spiro atoms. The number of aliphatic imine (C=N–C) groups is 1. The molecule has 2 aromatic heterocycles. The third-order valence-corrected chi connectivity index (χ3v) is 4.50. The molecule has 2 aromatic rings. The van der Waals surface area contributed by atoms with Gasteiger partial charge < -0.3 is 10.2 Å². The Morgan fingerprint density at radius 3 is 2.90 bits per heavy atom. The van der Waals surface area contributed by atoms with E-state index in [-0.39, 0.29) is 0 Å². The normalized spacial score (nSPS) is 11.7. The number of rotatable bonds is 5. The van der Waals surface area contributed by atoms with Crippen molar-refractivity contribution in [2.45, 2.75) is 20.0 Å². The van der Waals surface area contributed by atoms with E-state index in [9.17, 15) is 0 Å². The molecule has 0 bridgehead atoms. The van der Waals surface area contributed by atoms with Gasteiger partial charge in [-0.15, -0.1) is 11.3 Å². The van der Waals surface area contributed by atoms with Gasteiger partial charge in [0.15, 0.2) is 5.96 Å². The Bertz CT molecular complexity index is 605. The highest BCUT2D eigenvalue weighted by molar-refractivity contribution is 9.11. The van der Waals surface area contributed by atoms with Gasteiger partial charge in [-0.25, -0.2) is 9.98 Å². The predicted molar refractivity (Wildman–Crippen MR) is 89.3 cm³/mol. The average molecular weight is 371 g/mol. The lowest BCUT2D eigenvalue weighted by atomic mass is 10.4. The van der Waals surface area contributed by atoms with Gasteiger partial charge >= 0.3 is 0 Å². The second-order valence-corrected chi connectivity index (χ2v) is 7.08. The van der Waals surface area contributed by atoms with Crippen molar-refractivity contribution in [3.63, 3.8) is 0 Å². The van der Waals surface area contributed by atoms with Crippen LogP contribution in [0.4, 0.5) is 0 Å². The van der Waals surface area contributed by atoms with Crippen molar-refractivity contribution in [1.29, 1.82) is 0 Å². The molecule has 0 amide bonds. The van der Waals surface area contributed by atoms with E-state index in [0.717, 1.165) is 28.7 Å². The number of guanidine groups is 1. The molecule has 114 valence electrons. The lowest BCUT2D eigenvalue weighted by Crippen LogP contribution is -2.38. The molecule has 0 radical (unpaired) electrons. The van der Waals surface area contributed by atoms with Gasteiger partial charge in [0.1, 0.15) is 18.7 Å². The van der Waals surface area contributed by atoms with E-state index in [2.05, 4.69) is 60.3 Å². The van der Waals surface area contributed by atoms with Gasteiger partial charge in [0, 0.05) is 25.5 Å². The second kappa shape index (κ2) is 7.56. The second-order valence-electron chi connectivity index (χ2n) is 4.53. The summed E-state index contributed by atoms with van der Waals surface area (Å²) in [6.07, 6.45) is 1.55. The average Bonchev–Trinajstić information content (AvgIpc) is 3.03. The van der Waals surface area contributed by atoms with Crippen LogP contribution < -0.4 is 5.32 Å². The van der Waals surface area contributed by atoms with E-state index in [1.165, 1.54) is 4.88 Å². The van der Waals surface area contributed by atoms with E-state index in [1.54, 1.807) is 22.3 Å². The van der Waals surface area contributed by atoms with Gasteiger partial charge in [-0.05, 0) is 35.0 Å². The van der Waals surface area contributed by atoms with Gasteiger partial charge in [-0.1, -0.05) is 0 Å². The molecule has 0 saturated carbocycles. The van der Waals surface area contributed by atoms with E-state index in [4.69, 9.17) is 0 Å². The van der Waals surface area contributed by atoms with Crippen molar-refractivity contribution >= 4 is 33.2 Å². The Hall–Kier alpha value is -1.41. The van der Waals surface area contributed by atoms with Crippen molar-refractivity contribution in [2.24, 2.45) is 12.0 Å². The maximum absolute atomic E-state index is 4.62. The first-order valence-corrected chi connectivity index (χ1v) is 8.27. The molecule has 0 aliphatic carbocycles. The Labute approximate surface area is 137 Å². The van der Waals surface area contributed by atoms with Gasteiger partial charge in [0.05, 0.1) is 10.3 Å². The van der Waals surface area contributed by atoms with Crippen LogP contribution >= 0.6 is 27.3 Å². The van der Waals surface area contributed by atoms with E-state index in [1.807, 2.05) is 14.1 Å². The summed E-state index contributed by atoms with van der Waals surface area (Å²) in [6.45, 7) is 4.22. The minimum Gasteiger partial charge on any atom is -0.357 e. The molecular formula is C13H19BrN6S. The molecule has 6 nitrogen and oxygen atoms in total. The topological polar surface area (TPSA) is 58.3 Å². The molecule has 8 heteroatoms. The van der Waals surface area contributed by atoms with Gasteiger partial charge in [0.25, 0.3) is 0 Å². The molecule has 0 unspecified atom stereocenters. The van der Waals surface area contributed by atoms with Crippen molar-refractivity contribution in [1.82, 2.24) is 25.0 Å². The molecule has 1 N–H and O–H groups in total. The number of hydrogen-bond donors (Lipinski definition) is 1. The van der Waals surface area contributed by atoms with E-state index in [0.29, 0.717) is 6.54 Å². The number of thiophene rings is 1. The summed E-state index contributed by atoms with van der Waals surface area (Å²) in [4.78, 5) is 12.2. The highest BCUT2D eigenvalue weighted by Gasteiger charge is 2.09. The van der Waals surface area contributed by atoms with Crippen LogP contribution in [0, 0.1) is 0 Å². The van der Waals surface area contributed by atoms with Crippen LogP contribution in [0.5, 0.6) is 0 Å². The summed E-state index contributed by atoms with van der Waals surface area (Å²) in [7, 11) is 3.91. The van der Waals surface area contributed by atoms with Crippen LogP contribution in [-0.2, 0) is 20.1 Å². The van der Waals surface area contributed by atoms with Crippen LogP contribution in [-0.4, -0.2) is 39.2 Å². The fourth-order valence-corrected chi connectivity index (χ4v) is 3.36. The van der Waals surface area contributed by atoms with Crippen LogP contribution in [0.15, 0.2) is 27.2 Å². The highest BCUT2D eigenvalue weighted by atomic mass is 79.9. The molecule has 21 heavy (non-hydrogen) atoms. The van der Waals surface area contributed by atoms with Gasteiger partial charge in [-0.3, -0.25) is 4.68 Å². The maximum Gasteiger partial charge on any atom is 0.194 e. The first-order chi connectivity index (χ1) is 10.1. The molecule has 0 fully saturated rings. The lowest BCUT2D eigenvalue weighted by molar-refractivity contribution is 0.480. The van der Waals surface area contributed by atoms with Crippen LogP contribution in [0.2, 0.25) is 0 Å². The number of hydrogen-bond acceptors (Lipinski definition) is 4. The van der Waals surface area contributed by atoms with E-state index < -0.39 is 0 Å². The van der Waals surface area contributed by atoms with Crippen LogP contribution in [0.1, 0.15) is 17.6 Å². The molecule has 0 atom stereocenters. The molecular weight excluding hydrogens is 352 g/mol. The van der Waals surface area contributed by atoms with Crippen LogP contribution in [0.3, 0.4) is 0 Å². The number of nitrogens with one attached hydrogen (secondary N) is 1. The molecule has 0 aliphatic heterocycles. The highest BCUT2D eigenvalue weighted by Crippen LogP contribution is 2.22.